The highest BCUT2D eigenvalue weighted by Crippen LogP contribution is 2.32. The molecule has 0 bridgehead atoms. The predicted octanol–water partition coefficient (Wildman–Crippen LogP) is 3.70. The van der Waals surface area contributed by atoms with E-state index in [4.69, 9.17) is 14.2 Å². The first-order valence-electron chi connectivity index (χ1n) is 7.11. The van der Waals surface area contributed by atoms with E-state index in [2.05, 4.69) is 0 Å². The number of rotatable bonds is 4. The summed E-state index contributed by atoms with van der Waals surface area (Å²) in [5, 5.41) is 0. The molecule has 4 nitrogen and oxygen atoms in total. The van der Waals surface area contributed by atoms with Crippen molar-refractivity contribution in [3.8, 4) is 11.5 Å². The number of hydrogen-bond acceptors (Lipinski definition) is 4. The molecule has 0 radical (unpaired) electrons. The minimum absolute atomic E-state index is 0.142. The van der Waals surface area contributed by atoms with E-state index >= 15 is 0 Å². The van der Waals surface area contributed by atoms with Gasteiger partial charge in [-0.3, -0.25) is 0 Å². The minimum Gasteiger partial charge on any atom is -0.458 e. The van der Waals surface area contributed by atoms with Crippen LogP contribution < -0.4 is 9.47 Å². The van der Waals surface area contributed by atoms with Crippen LogP contribution in [0.3, 0.4) is 0 Å². The fraction of sp³-hybridized carbons (Fsp3) is 0.167. The number of ether oxygens (including phenoxy) is 3. The monoisotopic (exact) mass is 314 g/mol. The molecule has 1 aliphatic heterocycles. The fourth-order valence-electron chi connectivity index (χ4n) is 2.20. The van der Waals surface area contributed by atoms with Crippen molar-refractivity contribution >= 4 is 11.5 Å². The van der Waals surface area contributed by atoms with E-state index < -0.39 is 5.97 Å². The normalized spacial score (nSPS) is 13.0. The molecule has 1 aliphatic rings. The molecule has 0 aliphatic carbocycles. The molecule has 118 valence electrons. The maximum absolute atomic E-state index is 12.9. The highest BCUT2D eigenvalue weighted by atomic mass is 19.1. The van der Waals surface area contributed by atoms with Gasteiger partial charge in [-0.25, -0.2) is 9.18 Å². The molecule has 2 aromatic carbocycles. The zero-order valence-electron chi connectivity index (χ0n) is 12.5. The van der Waals surface area contributed by atoms with Crippen molar-refractivity contribution in [3.63, 3.8) is 0 Å². The van der Waals surface area contributed by atoms with Crippen LogP contribution in [0.1, 0.15) is 18.1 Å². The number of esters is 1. The smallest absolute Gasteiger partial charge is 0.331 e. The van der Waals surface area contributed by atoms with Gasteiger partial charge in [0.05, 0.1) is 0 Å². The van der Waals surface area contributed by atoms with Gasteiger partial charge in [-0.1, -0.05) is 18.2 Å². The first-order chi connectivity index (χ1) is 11.1. The predicted molar refractivity (Wildman–Crippen MR) is 82.4 cm³/mol. The topological polar surface area (TPSA) is 44.8 Å². The van der Waals surface area contributed by atoms with Crippen molar-refractivity contribution in [1.29, 1.82) is 0 Å². The molecule has 0 aromatic heterocycles. The summed E-state index contributed by atoms with van der Waals surface area (Å²) in [5.41, 5.74) is 2.29. The van der Waals surface area contributed by atoms with Gasteiger partial charge < -0.3 is 14.2 Å². The van der Waals surface area contributed by atoms with E-state index in [1.165, 1.54) is 18.2 Å². The Balaban J connectivity index is 1.60. The maximum Gasteiger partial charge on any atom is 0.331 e. The second-order valence-corrected chi connectivity index (χ2v) is 5.13. The summed E-state index contributed by atoms with van der Waals surface area (Å²) in [6, 6.07) is 11.3. The van der Waals surface area contributed by atoms with Crippen molar-refractivity contribution in [3.05, 3.63) is 65.5 Å². The zero-order chi connectivity index (χ0) is 16.2. The standard InChI is InChI=1S/C18H15FO4/c1-12(14-3-5-15(19)6-4-14)8-18(20)21-10-13-2-7-16-17(9-13)23-11-22-16/h2-9H,10-11H2,1H3/b12-8-. The van der Waals surface area contributed by atoms with Crippen LogP contribution in [-0.4, -0.2) is 12.8 Å². The lowest BCUT2D eigenvalue weighted by molar-refractivity contribution is -0.138. The first-order valence-corrected chi connectivity index (χ1v) is 7.11. The van der Waals surface area contributed by atoms with Crippen LogP contribution in [0.4, 0.5) is 4.39 Å². The van der Waals surface area contributed by atoms with E-state index in [1.807, 2.05) is 6.07 Å². The Hall–Kier alpha value is -2.82. The molecule has 0 saturated carbocycles. The lowest BCUT2D eigenvalue weighted by atomic mass is 10.1. The minimum atomic E-state index is -0.454. The second kappa shape index (κ2) is 6.52. The molecule has 0 amide bonds. The molecular weight excluding hydrogens is 299 g/mol. The van der Waals surface area contributed by atoms with E-state index in [0.29, 0.717) is 17.1 Å². The summed E-state index contributed by atoms with van der Waals surface area (Å²) in [6.07, 6.45) is 1.39. The average molecular weight is 314 g/mol. The molecular formula is C18H15FO4. The van der Waals surface area contributed by atoms with Gasteiger partial charge in [-0.05, 0) is 47.9 Å². The highest BCUT2D eigenvalue weighted by Gasteiger charge is 2.13. The molecule has 1 heterocycles. The molecule has 2 aromatic rings. The Morgan fingerprint density at radius 1 is 1.17 bits per heavy atom. The lowest BCUT2D eigenvalue weighted by Crippen LogP contribution is -2.01. The number of carbonyl (C=O) groups is 1. The van der Waals surface area contributed by atoms with Crippen molar-refractivity contribution in [2.45, 2.75) is 13.5 Å². The zero-order valence-corrected chi connectivity index (χ0v) is 12.5. The maximum atomic E-state index is 12.9. The van der Waals surface area contributed by atoms with Gasteiger partial charge in [0, 0.05) is 6.08 Å². The number of halogens is 1. The quantitative estimate of drug-likeness (QED) is 0.637. The molecule has 5 heteroatoms. The molecule has 23 heavy (non-hydrogen) atoms. The molecule has 0 fully saturated rings. The number of hydrogen-bond donors (Lipinski definition) is 0. The van der Waals surface area contributed by atoms with Crippen LogP contribution in [0.2, 0.25) is 0 Å². The van der Waals surface area contributed by atoms with Gasteiger partial charge in [0.25, 0.3) is 0 Å². The SMILES string of the molecule is C/C(=C/C(=O)OCc1ccc2c(c1)OCO2)c1ccc(F)cc1. The van der Waals surface area contributed by atoms with E-state index in [1.54, 1.807) is 31.2 Å². The van der Waals surface area contributed by atoms with Crippen LogP contribution in [0, 0.1) is 5.82 Å². The Morgan fingerprint density at radius 3 is 2.70 bits per heavy atom. The van der Waals surface area contributed by atoms with Gasteiger partial charge in [0.15, 0.2) is 11.5 Å². The number of allylic oxidation sites excluding steroid dienone is 1. The third kappa shape index (κ3) is 3.69. The van der Waals surface area contributed by atoms with Crippen LogP contribution >= 0.6 is 0 Å². The Kier molecular flexibility index (Phi) is 4.28. The van der Waals surface area contributed by atoms with Crippen LogP contribution in [0.5, 0.6) is 11.5 Å². The van der Waals surface area contributed by atoms with Crippen molar-refractivity contribution in [1.82, 2.24) is 0 Å². The average Bonchev–Trinajstić information content (AvgIpc) is 3.01. The summed E-state index contributed by atoms with van der Waals surface area (Å²) in [5.74, 6) is 0.570. The van der Waals surface area contributed by atoms with Crippen LogP contribution in [0.25, 0.3) is 5.57 Å². The summed E-state index contributed by atoms with van der Waals surface area (Å²) in [6.45, 7) is 2.12. The molecule has 3 rings (SSSR count). The Labute approximate surface area is 133 Å². The lowest BCUT2D eigenvalue weighted by Gasteiger charge is -2.05. The summed E-state index contributed by atoms with van der Waals surface area (Å²) < 4.78 is 28.6. The third-order valence-corrected chi connectivity index (χ3v) is 3.45. The van der Waals surface area contributed by atoms with Crippen LogP contribution in [-0.2, 0) is 16.1 Å². The summed E-state index contributed by atoms with van der Waals surface area (Å²) in [7, 11) is 0. The van der Waals surface area contributed by atoms with Crippen molar-refractivity contribution in [2.24, 2.45) is 0 Å². The highest BCUT2D eigenvalue weighted by molar-refractivity contribution is 5.90. The molecule has 0 saturated heterocycles. The molecule has 0 atom stereocenters. The summed E-state index contributed by atoms with van der Waals surface area (Å²) >= 11 is 0. The molecule has 0 N–H and O–H groups in total. The van der Waals surface area contributed by atoms with Crippen molar-refractivity contribution < 1.29 is 23.4 Å². The Morgan fingerprint density at radius 2 is 1.91 bits per heavy atom. The van der Waals surface area contributed by atoms with Gasteiger partial charge in [-0.2, -0.15) is 0 Å². The van der Waals surface area contributed by atoms with E-state index in [9.17, 15) is 9.18 Å². The van der Waals surface area contributed by atoms with Crippen molar-refractivity contribution in [2.75, 3.05) is 6.79 Å². The third-order valence-electron chi connectivity index (χ3n) is 3.45. The van der Waals surface area contributed by atoms with E-state index in [0.717, 1.165) is 11.1 Å². The largest absolute Gasteiger partial charge is 0.458 e. The first kappa shape index (κ1) is 15.1. The number of fused-ring (bicyclic) bond motifs is 1. The van der Waals surface area contributed by atoms with Gasteiger partial charge in [-0.15, -0.1) is 0 Å². The fourth-order valence-corrected chi connectivity index (χ4v) is 2.20. The van der Waals surface area contributed by atoms with Gasteiger partial charge in [0.2, 0.25) is 6.79 Å². The van der Waals surface area contributed by atoms with Crippen LogP contribution in [0.15, 0.2) is 48.5 Å². The second-order valence-electron chi connectivity index (χ2n) is 5.13. The van der Waals surface area contributed by atoms with E-state index in [-0.39, 0.29) is 19.2 Å². The number of carbonyl (C=O) groups excluding carboxylic acids is 1. The Bertz CT molecular complexity index is 750. The van der Waals surface area contributed by atoms with Gasteiger partial charge >= 0.3 is 5.97 Å². The molecule has 0 unspecified atom stereocenters. The number of benzene rings is 2. The van der Waals surface area contributed by atoms with Gasteiger partial charge in [0.1, 0.15) is 12.4 Å². The summed E-state index contributed by atoms with van der Waals surface area (Å²) in [4.78, 5) is 11.9. The molecule has 0 spiro atoms.